The number of carboxylic acid groups (broad SMARTS) is 1. The minimum absolute atomic E-state index is 0.453. The average Bonchev–Trinajstić information content (AvgIpc) is 2.30. The van der Waals surface area contributed by atoms with Gasteiger partial charge in [-0.05, 0) is 37.5 Å². The molecule has 2 nitrogen and oxygen atoms in total. The Hall–Kier alpha value is -0.990. The van der Waals surface area contributed by atoms with Gasteiger partial charge in [-0.2, -0.15) is 0 Å². The second kappa shape index (κ2) is 6.67. The Balaban J connectivity index is 2.73. The quantitative estimate of drug-likeness (QED) is 0.876. The molecule has 1 rings (SSSR count). The maximum atomic E-state index is 11.1. The van der Waals surface area contributed by atoms with Gasteiger partial charge in [-0.1, -0.05) is 40.9 Å². The molecule has 0 aliphatic heterocycles. The summed E-state index contributed by atoms with van der Waals surface area (Å²) in [7, 11) is 0. The Morgan fingerprint density at radius 2 is 2.00 bits per heavy atom. The number of benzene rings is 1. The van der Waals surface area contributed by atoms with Crippen molar-refractivity contribution in [3.63, 3.8) is 0 Å². The van der Waals surface area contributed by atoms with Gasteiger partial charge in [-0.3, -0.25) is 4.79 Å². The third kappa shape index (κ3) is 4.80. The van der Waals surface area contributed by atoms with E-state index in [-0.39, 0.29) is 0 Å². The first-order valence-corrected chi connectivity index (χ1v) is 6.07. The van der Waals surface area contributed by atoms with Gasteiger partial charge in [-0.25, -0.2) is 0 Å². The Bertz CT molecular complexity index is 410. The van der Waals surface area contributed by atoms with Crippen molar-refractivity contribution in [2.24, 2.45) is 5.92 Å². The van der Waals surface area contributed by atoms with E-state index in [0.29, 0.717) is 17.9 Å². The number of hydrogen-bond acceptors (Lipinski definition) is 1. The number of aliphatic carboxylic acids is 1. The summed E-state index contributed by atoms with van der Waals surface area (Å²) in [5.41, 5.74) is 3.26. The first-order chi connectivity index (χ1) is 8.02. The van der Waals surface area contributed by atoms with Gasteiger partial charge in [0.2, 0.25) is 0 Å². The van der Waals surface area contributed by atoms with Gasteiger partial charge in [0.15, 0.2) is 0 Å². The first kappa shape index (κ1) is 14.1. The zero-order valence-electron chi connectivity index (χ0n) is 9.49. The molecule has 1 aromatic carbocycles. The Labute approximate surface area is 111 Å². The van der Waals surface area contributed by atoms with Crippen LogP contribution >= 0.6 is 23.2 Å². The van der Waals surface area contributed by atoms with Crippen LogP contribution in [0.5, 0.6) is 0 Å². The molecule has 0 spiro atoms. The Morgan fingerprint density at radius 3 is 2.47 bits per heavy atom. The first-order valence-electron chi connectivity index (χ1n) is 5.26. The smallest absolute Gasteiger partial charge is 0.307 e. The van der Waals surface area contributed by atoms with Crippen molar-refractivity contribution in [3.8, 4) is 0 Å². The summed E-state index contributed by atoms with van der Waals surface area (Å²) in [5.74, 6) is -1.26. The van der Waals surface area contributed by atoms with E-state index < -0.39 is 11.9 Å². The highest BCUT2D eigenvalue weighted by atomic mass is 35.5. The highest BCUT2D eigenvalue weighted by Crippen LogP contribution is 2.19. The van der Waals surface area contributed by atoms with E-state index in [0.717, 1.165) is 11.1 Å². The van der Waals surface area contributed by atoms with Crippen LogP contribution in [-0.4, -0.2) is 11.1 Å². The maximum absolute atomic E-state index is 11.1. The summed E-state index contributed by atoms with van der Waals surface area (Å²) in [6.45, 7) is 1.82. The van der Waals surface area contributed by atoms with Crippen LogP contribution in [0.25, 0.3) is 0 Å². The molecule has 0 saturated carbocycles. The molecule has 0 amide bonds. The van der Waals surface area contributed by atoms with Gasteiger partial charge in [0.25, 0.3) is 0 Å². The number of carboxylic acids is 1. The summed E-state index contributed by atoms with van der Waals surface area (Å²) in [6, 6.07) is 7.22. The largest absolute Gasteiger partial charge is 0.481 e. The monoisotopic (exact) mass is 272 g/mol. The van der Waals surface area contributed by atoms with Crippen LogP contribution in [0, 0.1) is 5.92 Å². The fraction of sp³-hybridized carbons (Fsp3) is 0.308. The van der Waals surface area contributed by atoms with Crippen LogP contribution in [0.1, 0.15) is 18.9 Å². The van der Waals surface area contributed by atoms with E-state index >= 15 is 0 Å². The molecule has 17 heavy (non-hydrogen) atoms. The molecule has 1 N–H and O–H groups in total. The van der Waals surface area contributed by atoms with Crippen molar-refractivity contribution < 1.29 is 9.90 Å². The van der Waals surface area contributed by atoms with Crippen molar-refractivity contribution >= 4 is 29.2 Å². The lowest BCUT2D eigenvalue weighted by molar-refractivity contribution is -0.141. The molecule has 0 aromatic heterocycles. The lowest BCUT2D eigenvalue weighted by Crippen LogP contribution is -2.16. The third-order valence-corrected chi connectivity index (χ3v) is 3.12. The van der Waals surface area contributed by atoms with Gasteiger partial charge in [0, 0.05) is 10.6 Å². The van der Waals surface area contributed by atoms with Gasteiger partial charge < -0.3 is 5.11 Å². The highest BCUT2D eigenvalue weighted by molar-refractivity contribution is 6.30. The predicted molar refractivity (Wildman–Crippen MR) is 70.5 cm³/mol. The summed E-state index contributed by atoms with van der Waals surface area (Å²) in [5, 5.41) is 9.79. The van der Waals surface area contributed by atoms with Crippen LogP contribution in [0.15, 0.2) is 35.4 Å². The van der Waals surface area contributed by atoms with Crippen molar-refractivity contribution in [1.82, 2.24) is 0 Å². The molecule has 0 aliphatic rings. The summed E-state index contributed by atoms with van der Waals surface area (Å²) < 4.78 is 0. The standard InChI is InChI=1S/C13H14Cl2O2/c1-9(8-14)6-11(13(16)17)7-10-2-4-12(15)5-3-10/h2-5,8,11H,6-7H2,1H3,(H,16,17)/b9-8-. The van der Waals surface area contributed by atoms with Gasteiger partial charge >= 0.3 is 5.97 Å². The molecule has 1 unspecified atom stereocenters. The Kier molecular flexibility index (Phi) is 5.52. The second-order valence-electron chi connectivity index (χ2n) is 4.03. The Morgan fingerprint density at radius 1 is 1.41 bits per heavy atom. The van der Waals surface area contributed by atoms with Crippen molar-refractivity contribution in [2.75, 3.05) is 0 Å². The van der Waals surface area contributed by atoms with E-state index in [1.807, 2.05) is 19.1 Å². The van der Waals surface area contributed by atoms with E-state index in [2.05, 4.69) is 0 Å². The predicted octanol–water partition coefficient (Wildman–Crippen LogP) is 4.12. The fourth-order valence-electron chi connectivity index (χ4n) is 1.58. The number of hydrogen-bond donors (Lipinski definition) is 1. The van der Waals surface area contributed by atoms with Crippen LogP contribution in [0.3, 0.4) is 0 Å². The molecule has 92 valence electrons. The highest BCUT2D eigenvalue weighted by Gasteiger charge is 2.18. The lowest BCUT2D eigenvalue weighted by Gasteiger charge is -2.12. The number of halogens is 2. The molecule has 1 atom stereocenters. The van der Waals surface area contributed by atoms with Gasteiger partial charge in [-0.15, -0.1) is 0 Å². The zero-order valence-corrected chi connectivity index (χ0v) is 11.0. The summed E-state index contributed by atoms with van der Waals surface area (Å²) >= 11 is 11.3. The fourth-order valence-corrected chi connectivity index (χ4v) is 1.80. The van der Waals surface area contributed by atoms with E-state index in [1.165, 1.54) is 5.54 Å². The third-order valence-electron chi connectivity index (χ3n) is 2.50. The summed E-state index contributed by atoms with van der Waals surface area (Å²) in [6.07, 6.45) is 0.941. The van der Waals surface area contributed by atoms with Crippen LogP contribution in [-0.2, 0) is 11.2 Å². The number of rotatable bonds is 5. The molecule has 0 heterocycles. The van der Waals surface area contributed by atoms with Crippen LogP contribution < -0.4 is 0 Å². The summed E-state index contributed by atoms with van der Waals surface area (Å²) in [4.78, 5) is 11.1. The molecular formula is C13H14Cl2O2. The number of carbonyl (C=O) groups is 1. The number of allylic oxidation sites excluding steroid dienone is 1. The zero-order chi connectivity index (χ0) is 12.8. The molecule has 1 aromatic rings. The molecule has 4 heteroatoms. The van der Waals surface area contributed by atoms with Gasteiger partial charge in [0.1, 0.15) is 0 Å². The van der Waals surface area contributed by atoms with Crippen molar-refractivity contribution in [2.45, 2.75) is 19.8 Å². The molecule has 0 saturated heterocycles. The topological polar surface area (TPSA) is 37.3 Å². The van der Waals surface area contributed by atoms with E-state index in [1.54, 1.807) is 12.1 Å². The molecule has 0 bridgehead atoms. The van der Waals surface area contributed by atoms with Crippen LogP contribution in [0.2, 0.25) is 5.02 Å². The molecular weight excluding hydrogens is 259 g/mol. The lowest BCUT2D eigenvalue weighted by atomic mass is 9.93. The van der Waals surface area contributed by atoms with E-state index in [4.69, 9.17) is 28.3 Å². The van der Waals surface area contributed by atoms with Crippen LogP contribution in [0.4, 0.5) is 0 Å². The minimum atomic E-state index is -0.808. The average molecular weight is 273 g/mol. The SMILES string of the molecule is C/C(=C/Cl)CC(Cc1ccc(Cl)cc1)C(=O)O. The van der Waals surface area contributed by atoms with Gasteiger partial charge in [0.05, 0.1) is 5.92 Å². The van der Waals surface area contributed by atoms with Crippen molar-refractivity contribution in [1.29, 1.82) is 0 Å². The molecule has 0 fully saturated rings. The maximum Gasteiger partial charge on any atom is 0.307 e. The molecule has 0 aliphatic carbocycles. The minimum Gasteiger partial charge on any atom is -0.481 e. The van der Waals surface area contributed by atoms with E-state index in [9.17, 15) is 4.79 Å². The molecule has 0 radical (unpaired) electrons. The normalized spacial score (nSPS) is 13.5. The van der Waals surface area contributed by atoms with Crippen molar-refractivity contribution in [3.05, 3.63) is 46.0 Å². The second-order valence-corrected chi connectivity index (χ2v) is 4.68.